The quantitative estimate of drug-likeness (QED) is 0.758. The molecule has 80 valence electrons. The maximum Gasteiger partial charge on any atom is 0.228 e. The Bertz CT molecular complexity index is 320. The topological polar surface area (TPSA) is 54.0 Å². The summed E-state index contributed by atoms with van der Waals surface area (Å²) >= 11 is 0. The molecule has 0 unspecified atom stereocenters. The van der Waals surface area contributed by atoms with Gasteiger partial charge in [0.05, 0.1) is 0 Å². The number of hydrogen-bond acceptors (Lipinski definition) is 3. The molecule has 0 spiro atoms. The molecule has 2 heterocycles. The van der Waals surface area contributed by atoms with Crippen molar-refractivity contribution in [1.82, 2.24) is 10.3 Å². The summed E-state index contributed by atoms with van der Waals surface area (Å²) in [5, 5.41) is 6.07. The van der Waals surface area contributed by atoms with Crippen LogP contribution in [0.3, 0.4) is 0 Å². The number of nitrogens with zero attached hydrogens (tertiary/aromatic N) is 1. The Hall–Kier alpha value is -1.42. The van der Waals surface area contributed by atoms with E-state index < -0.39 is 0 Å². The van der Waals surface area contributed by atoms with Gasteiger partial charge in [0.2, 0.25) is 5.91 Å². The first-order valence-corrected chi connectivity index (χ1v) is 5.29. The lowest BCUT2D eigenvalue weighted by atomic mass is 9.97. The number of pyridine rings is 1. The van der Waals surface area contributed by atoms with Gasteiger partial charge in [-0.2, -0.15) is 0 Å². The molecule has 0 aromatic carbocycles. The third-order valence-electron chi connectivity index (χ3n) is 2.63. The zero-order valence-electron chi connectivity index (χ0n) is 8.57. The van der Waals surface area contributed by atoms with Gasteiger partial charge in [-0.05, 0) is 38.1 Å². The summed E-state index contributed by atoms with van der Waals surface area (Å²) in [4.78, 5) is 15.9. The number of hydrogen-bond donors (Lipinski definition) is 2. The number of carbonyl (C=O) groups is 1. The molecule has 0 bridgehead atoms. The molecule has 0 aliphatic carbocycles. The summed E-state index contributed by atoms with van der Waals surface area (Å²) < 4.78 is 0. The molecule has 1 aliphatic heterocycles. The van der Waals surface area contributed by atoms with E-state index in [0.717, 1.165) is 25.9 Å². The maximum absolute atomic E-state index is 11.8. The van der Waals surface area contributed by atoms with Crippen LogP contribution in [0.4, 0.5) is 5.82 Å². The molecule has 0 atom stereocenters. The number of nitrogens with one attached hydrogen (secondary N) is 2. The van der Waals surface area contributed by atoms with Crippen LogP contribution in [-0.4, -0.2) is 24.0 Å². The van der Waals surface area contributed by atoms with Crippen molar-refractivity contribution in [3.63, 3.8) is 0 Å². The first-order chi connectivity index (χ1) is 7.36. The molecule has 1 aromatic heterocycles. The van der Waals surface area contributed by atoms with Gasteiger partial charge in [-0.15, -0.1) is 0 Å². The maximum atomic E-state index is 11.8. The minimum absolute atomic E-state index is 0.0928. The van der Waals surface area contributed by atoms with Crippen LogP contribution in [-0.2, 0) is 4.79 Å². The highest BCUT2D eigenvalue weighted by Gasteiger charge is 2.20. The minimum atomic E-state index is 0.0928. The zero-order chi connectivity index (χ0) is 10.5. The lowest BCUT2D eigenvalue weighted by Gasteiger charge is -2.21. The Kier molecular flexibility index (Phi) is 3.29. The highest BCUT2D eigenvalue weighted by molar-refractivity contribution is 5.91. The molecule has 4 heteroatoms. The number of piperidine rings is 1. The molecule has 2 N–H and O–H groups in total. The van der Waals surface area contributed by atoms with Gasteiger partial charge in [0.25, 0.3) is 0 Å². The Balaban J connectivity index is 1.91. The Labute approximate surface area is 89.1 Å². The van der Waals surface area contributed by atoms with Gasteiger partial charge in [0.1, 0.15) is 5.82 Å². The van der Waals surface area contributed by atoms with E-state index >= 15 is 0 Å². The second kappa shape index (κ2) is 4.89. The van der Waals surface area contributed by atoms with Crippen molar-refractivity contribution in [3.05, 3.63) is 24.4 Å². The van der Waals surface area contributed by atoms with Crippen LogP contribution in [0.15, 0.2) is 24.4 Å². The lowest BCUT2D eigenvalue weighted by Crippen LogP contribution is -2.34. The third kappa shape index (κ3) is 2.76. The summed E-state index contributed by atoms with van der Waals surface area (Å²) in [6, 6.07) is 5.50. The largest absolute Gasteiger partial charge is 0.317 e. The predicted molar refractivity (Wildman–Crippen MR) is 58.5 cm³/mol. The van der Waals surface area contributed by atoms with Gasteiger partial charge in [0.15, 0.2) is 0 Å². The fourth-order valence-electron chi connectivity index (χ4n) is 1.75. The van der Waals surface area contributed by atoms with Crippen molar-refractivity contribution in [1.29, 1.82) is 0 Å². The number of carbonyl (C=O) groups excluding carboxylic acids is 1. The van der Waals surface area contributed by atoms with Crippen molar-refractivity contribution >= 4 is 11.7 Å². The highest BCUT2D eigenvalue weighted by Crippen LogP contribution is 2.13. The number of rotatable bonds is 2. The van der Waals surface area contributed by atoms with Crippen LogP contribution in [0, 0.1) is 5.92 Å². The van der Waals surface area contributed by atoms with Gasteiger partial charge in [-0.3, -0.25) is 4.79 Å². The number of aromatic nitrogens is 1. The van der Waals surface area contributed by atoms with E-state index in [1.165, 1.54) is 0 Å². The molecule has 2 rings (SSSR count). The first kappa shape index (κ1) is 10.1. The Morgan fingerprint density at radius 1 is 1.40 bits per heavy atom. The molecule has 15 heavy (non-hydrogen) atoms. The predicted octanol–water partition coefficient (Wildman–Crippen LogP) is 1.02. The highest BCUT2D eigenvalue weighted by atomic mass is 16.1. The van der Waals surface area contributed by atoms with Crippen molar-refractivity contribution in [2.24, 2.45) is 5.92 Å². The van der Waals surface area contributed by atoms with Crippen LogP contribution in [0.5, 0.6) is 0 Å². The van der Waals surface area contributed by atoms with E-state index in [9.17, 15) is 4.79 Å². The third-order valence-corrected chi connectivity index (χ3v) is 2.63. The number of amides is 1. The summed E-state index contributed by atoms with van der Waals surface area (Å²) in [7, 11) is 0. The molecule has 1 aromatic rings. The van der Waals surface area contributed by atoms with Gasteiger partial charge in [0, 0.05) is 12.1 Å². The zero-order valence-corrected chi connectivity index (χ0v) is 8.57. The summed E-state index contributed by atoms with van der Waals surface area (Å²) in [5.41, 5.74) is 0. The molecule has 4 nitrogen and oxygen atoms in total. The van der Waals surface area contributed by atoms with E-state index in [0.29, 0.717) is 5.82 Å². The van der Waals surface area contributed by atoms with E-state index in [4.69, 9.17) is 0 Å². The van der Waals surface area contributed by atoms with Crippen LogP contribution in [0.2, 0.25) is 0 Å². The molecule has 1 saturated heterocycles. The van der Waals surface area contributed by atoms with Crippen LogP contribution >= 0.6 is 0 Å². The summed E-state index contributed by atoms with van der Waals surface area (Å²) in [6.07, 6.45) is 3.51. The van der Waals surface area contributed by atoms with Gasteiger partial charge >= 0.3 is 0 Å². The van der Waals surface area contributed by atoms with E-state index in [-0.39, 0.29) is 11.8 Å². The molecular formula is C11H15N3O. The number of anilines is 1. The first-order valence-electron chi connectivity index (χ1n) is 5.29. The minimum Gasteiger partial charge on any atom is -0.317 e. The van der Waals surface area contributed by atoms with Crippen molar-refractivity contribution in [2.75, 3.05) is 18.4 Å². The molecule has 1 fully saturated rings. The molecule has 0 saturated carbocycles. The Morgan fingerprint density at radius 3 is 2.87 bits per heavy atom. The summed E-state index contributed by atoms with van der Waals surface area (Å²) in [5.74, 6) is 0.865. The van der Waals surface area contributed by atoms with Crippen molar-refractivity contribution in [3.8, 4) is 0 Å². The van der Waals surface area contributed by atoms with Crippen LogP contribution < -0.4 is 10.6 Å². The normalized spacial score (nSPS) is 17.3. The van der Waals surface area contributed by atoms with Gasteiger partial charge in [-0.25, -0.2) is 4.98 Å². The molecule has 0 radical (unpaired) electrons. The van der Waals surface area contributed by atoms with E-state index in [1.54, 1.807) is 12.3 Å². The monoisotopic (exact) mass is 205 g/mol. The lowest BCUT2D eigenvalue weighted by molar-refractivity contribution is -0.120. The fourth-order valence-corrected chi connectivity index (χ4v) is 1.75. The Morgan fingerprint density at radius 2 is 2.20 bits per heavy atom. The second-order valence-corrected chi connectivity index (χ2v) is 3.73. The van der Waals surface area contributed by atoms with Gasteiger partial charge in [-0.1, -0.05) is 6.07 Å². The fraction of sp³-hybridized carbons (Fsp3) is 0.455. The average Bonchev–Trinajstić information content (AvgIpc) is 2.31. The van der Waals surface area contributed by atoms with Crippen LogP contribution in [0.1, 0.15) is 12.8 Å². The van der Waals surface area contributed by atoms with Gasteiger partial charge < -0.3 is 10.6 Å². The molecule has 1 aliphatic rings. The van der Waals surface area contributed by atoms with Crippen molar-refractivity contribution < 1.29 is 4.79 Å². The van der Waals surface area contributed by atoms with Crippen LogP contribution in [0.25, 0.3) is 0 Å². The van der Waals surface area contributed by atoms with Crippen molar-refractivity contribution in [2.45, 2.75) is 12.8 Å². The smallest absolute Gasteiger partial charge is 0.228 e. The second-order valence-electron chi connectivity index (χ2n) is 3.73. The van der Waals surface area contributed by atoms with E-state index in [1.807, 2.05) is 12.1 Å². The standard InChI is InChI=1S/C11H15N3O/c15-11(9-4-7-12-8-5-9)14-10-3-1-2-6-13-10/h1-3,6,9,12H,4-5,7-8H2,(H,13,14,15). The average molecular weight is 205 g/mol. The SMILES string of the molecule is O=C(Nc1ccccn1)C1CCNCC1. The molecule has 1 amide bonds. The van der Waals surface area contributed by atoms with E-state index in [2.05, 4.69) is 15.6 Å². The summed E-state index contributed by atoms with van der Waals surface area (Å²) in [6.45, 7) is 1.86. The molecular weight excluding hydrogens is 190 g/mol.